The van der Waals surface area contributed by atoms with Crippen LogP contribution < -0.4 is 0 Å². The lowest BCUT2D eigenvalue weighted by Gasteiger charge is -2.20. The zero-order valence-electron chi connectivity index (χ0n) is 9.92. The number of carbonyl (C=O) groups is 1. The Bertz CT molecular complexity index is 659. The van der Waals surface area contributed by atoms with Gasteiger partial charge in [0.1, 0.15) is 4.88 Å². The summed E-state index contributed by atoms with van der Waals surface area (Å²) < 4.78 is 68.8. The van der Waals surface area contributed by atoms with Crippen molar-refractivity contribution >= 4 is 27.4 Å². The highest BCUT2D eigenvalue weighted by atomic mass is 32.1. The standard InChI is InChI=1S/C12H7F5O2S/c1-19-10(18)9-5-6-7(3-2-4-8(6)20-9)11(13,14)12(15,16)17/h2-5H,1H3. The summed E-state index contributed by atoms with van der Waals surface area (Å²) in [7, 11) is 1.10. The molecule has 0 aliphatic heterocycles. The number of methoxy groups -OCH3 is 1. The number of halogens is 5. The van der Waals surface area contributed by atoms with E-state index in [0.717, 1.165) is 30.6 Å². The Labute approximate surface area is 113 Å². The van der Waals surface area contributed by atoms with E-state index in [1.807, 2.05) is 0 Å². The summed E-state index contributed by atoms with van der Waals surface area (Å²) in [4.78, 5) is 11.3. The van der Waals surface area contributed by atoms with E-state index in [9.17, 15) is 26.7 Å². The number of thiophene rings is 1. The van der Waals surface area contributed by atoms with E-state index in [4.69, 9.17) is 0 Å². The van der Waals surface area contributed by atoms with E-state index in [1.165, 1.54) is 6.07 Å². The number of hydrogen-bond acceptors (Lipinski definition) is 3. The van der Waals surface area contributed by atoms with Crippen molar-refractivity contribution in [1.82, 2.24) is 0 Å². The van der Waals surface area contributed by atoms with Gasteiger partial charge in [-0.2, -0.15) is 22.0 Å². The minimum absolute atomic E-state index is 0.0343. The number of hydrogen-bond donors (Lipinski definition) is 0. The molecule has 0 unspecified atom stereocenters. The Morgan fingerprint density at radius 3 is 2.40 bits per heavy atom. The largest absolute Gasteiger partial charge is 0.465 e. The Balaban J connectivity index is 2.66. The molecule has 0 radical (unpaired) electrons. The molecular formula is C12H7F5O2S. The van der Waals surface area contributed by atoms with Gasteiger partial charge < -0.3 is 4.74 Å². The van der Waals surface area contributed by atoms with Crippen LogP contribution in [0.1, 0.15) is 15.2 Å². The number of benzene rings is 1. The van der Waals surface area contributed by atoms with Crippen LogP contribution in [0.5, 0.6) is 0 Å². The van der Waals surface area contributed by atoms with Gasteiger partial charge in [0.15, 0.2) is 0 Å². The van der Waals surface area contributed by atoms with Gasteiger partial charge in [-0.1, -0.05) is 12.1 Å². The van der Waals surface area contributed by atoms with Gasteiger partial charge in [0.25, 0.3) is 0 Å². The van der Waals surface area contributed by atoms with Crippen LogP contribution in [0.25, 0.3) is 10.1 Å². The Morgan fingerprint density at radius 1 is 1.20 bits per heavy atom. The molecule has 0 amide bonds. The second kappa shape index (κ2) is 4.69. The highest BCUT2D eigenvalue weighted by Crippen LogP contribution is 2.47. The van der Waals surface area contributed by atoms with Crippen LogP contribution in [0, 0.1) is 0 Å². The fourth-order valence-electron chi connectivity index (χ4n) is 1.69. The van der Waals surface area contributed by atoms with E-state index >= 15 is 0 Å². The minimum atomic E-state index is -5.70. The molecule has 2 rings (SSSR count). The Kier molecular flexibility index (Phi) is 3.45. The van der Waals surface area contributed by atoms with Gasteiger partial charge in [0.05, 0.1) is 7.11 Å². The number of esters is 1. The normalized spacial score (nSPS) is 12.7. The summed E-state index contributed by atoms with van der Waals surface area (Å²) in [6.07, 6.45) is -5.70. The first kappa shape index (κ1) is 14.7. The minimum Gasteiger partial charge on any atom is -0.465 e. The van der Waals surface area contributed by atoms with Crippen molar-refractivity contribution in [2.75, 3.05) is 7.11 Å². The average molecular weight is 310 g/mol. The number of carbonyl (C=O) groups excluding carboxylic acids is 1. The highest BCUT2D eigenvalue weighted by Gasteiger charge is 2.59. The molecular weight excluding hydrogens is 303 g/mol. The van der Waals surface area contributed by atoms with Crippen molar-refractivity contribution < 1.29 is 31.5 Å². The van der Waals surface area contributed by atoms with Gasteiger partial charge in [-0.15, -0.1) is 11.3 Å². The monoisotopic (exact) mass is 310 g/mol. The first-order chi connectivity index (χ1) is 9.18. The van der Waals surface area contributed by atoms with Crippen LogP contribution in [-0.4, -0.2) is 19.3 Å². The molecule has 2 aromatic rings. The van der Waals surface area contributed by atoms with Gasteiger partial charge >= 0.3 is 18.1 Å². The molecule has 0 N–H and O–H groups in total. The quantitative estimate of drug-likeness (QED) is 0.609. The SMILES string of the molecule is COC(=O)c1cc2c(C(F)(F)C(F)(F)F)cccc2s1. The number of rotatable bonds is 2. The molecule has 0 saturated carbocycles. The van der Waals surface area contributed by atoms with Crippen LogP contribution in [0.3, 0.4) is 0 Å². The Hall–Kier alpha value is -1.70. The fraction of sp³-hybridized carbons (Fsp3) is 0.250. The molecule has 0 aliphatic carbocycles. The molecule has 0 atom stereocenters. The lowest BCUT2D eigenvalue weighted by atomic mass is 10.0. The van der Waals surface area contributed by atoms with Gasteiger partial charge in [-0.25, -0.2) is 4.79 Å². The van der Waals surface area contributed by atoms with Gasteiger partial charge in [0, 0.05) is 15.6 Å². The van der Waals surface area contributed by atoms with Crippen molar-refractivity contribution in [2.45, 2.75) is 12.1 Å². The van der Waals surface area contributed by atoms with E-state index in [0.29, 0.717) is 6.07 Å². The summed E-state index contributed by atoms with van der Waals surface area (Å²) >= 11 is 0.796. The number of fused-ring (bicyclic) bond motifs is 1. The third kappa shape index (κ3) is 2.24. The summed E-state index contributed by atoms with van der Waals surface area (Å²) in [5.41, 5.74) is -1.17. The van der Waals surface area contributed by atoms with E-state index < -0.39 is 23.6 Å². The smallest absolute Gasteiger partial charge is 0.458 e. The lowest BCUT2D eigenvalue weighted by Crippen LogP contribution is -2.33. The van der Waals surface area contributed by atoms with Gasteiger partial charge in [0.2, 0.25) is 0 Å². The van der Waals surface area contributed by atoms with Crippen LogP contribution >= 0.6 is 11.3 Å². The van der Waals surface area contributed by atoms with E-state index in [2.05, 4.69) is 4.74 Å². The molecule has 2 nitrogen and oxygen atoms in total. The zero-order chi connectivity index (χ0) is 15.1. The van der Waals surface area contributed by atoms with Crippen LogP contribution in [0.15, 0.2) is 24.3 Å². The average Bonchev–Trinajstić information content (AvgIpc) is 2.79. The first-order valence-corrected chi connectivity index (χ1v) is 6.06. The maximum absolute atomic E-state index is 13.4. The molecule has 0 saturated heterocycles. The molecule has 0 fully saturated rings. The molecule has 0 bridgehead atoms. The number of alkyl halides is 5. The van der Waals surface area contributed by atoms with Crippen LogP contribution in [-0.2, 0) is 10.7 Å². The summed E-state index contributed by atoms with van der Waals surface area (Å²) in [6, 6.07) is 4.14. The summed E-state index contributed by atoms with van der Waals surface area (Å²) in [5.74, 6) is -5.77. The van der Waals surface area contributed by atoms with E-state index in [1.54, 1.807) is 0 Å². The highest BCUT2D eigenvalue weighted by molar-refractivity contribution is 7.20. The second-order valence-electron chi connectivity index (χ2n) is 3.89. The van der Waals surface area contributed by atoms with Crippen molar-refractivity contribution in [3.63, 3.8) is 0 Å². The summed E-state index contributed by atoms with van der Waals surface area (Å²) in [6.45, 7) is 0. The molecule has 0 aliphatic rings. The van der Waals surface area contributed by atoms with Crippen molar-refractivity contribution in [3.05, 3.63) is 34.7 Å². The third-order valence-corrected chi connectivity index (χ3v) is 3.72. The third-order valence-electron chi connectivity index (χ3n) is 2.64. The molecule has 108 valence electrons. The molecule has 1 heterocycles. The maximum atomic E-state index is 13.4. The van der Waals surface area contributed by atoms with Gasteiger partial charge in [-0.05, 0) is 12.1 Å². The maximum Gasteiger partial charge on any atom is 0.458 e. The fourth-order valence-corrected chi connectivity index (χ4v) is 2.69. The Morgan fingerprint density at radius 2 is 1.85 bits per heavy atom. The zero-order valence-corrected chi connectivity index (χ0v) is 10.7. The van der Waals surface area contributed by atoms with E-state index in [-0.39, 0.29) is 15.0 Å². The molecule has 20 heavy (non-hydrogen) atoms. The topological polar surface area (TPSA) is 26.3 Å². The molecule has 1 aromatic carbocycles. The van der Waals surface area contributed by atoms with Crippen LogP contribution in [0.2, 0.25) is 0 Å². The van der Waals surface area contributed by atoms with Crippen molar-refractivity contribution in [2.24, 2.45) is 0 Å². The first-order valence-electron chi connectivity index (χ1n) is 5.24. The van der Waals surface area contributed by atoms with Crippen molar-refractivity contribution in [1.29, 1.82) is 0 Å². The molecule has 1 aromatic heterocycles. The molecule has 8 heteroatoms. The summed E-state index contributed by atoms with van der Waals surface area (Å²) in [5, 5.41) is -0.305. The number of ether oxygens (including phenoxy) is 1. The predicted molar refractivity (Wildman–Crippen MR) is 63.1 cm³/mol. The lowest BCUT2D eigenvalue weighted by molar-refractivity contribution is -0.288. The van der Waals surface area contributed by atoms with Gasteiger partial charge in [-0.3, -0.25) is 0 Å². The molecule has 0 spiro atoms. The predicted octanol–water partition coefficient (Wildman–Crippen LogP) is 4.34. The second-order valence-corrected chi connectivity index (χ2v) is 4.98. The van der Waals surface area contributed by atoms with Crippen molar-refractivity contribution in [3.8, 4) is 0 Å². The van der Waals surface area contributed by atoms with Crippen LogP contribution in [0.4, 0.5) is 22.0 Å².